The van der Waals surface area contributed by atoms with E-state index in [1.165, 1.54) is 6.07 Å². The van der Waals surface area contributed by atoms with E-state index >= 15 is 0 Å². The van der Waals surface area contributed by atoms with Gasteiger partial charge in [-0.05, 0) is 41.8 Å². The minimum absolute atomic E-state index is 0.0664. The van der Waals surface area contributed by atoms with Gasteiger partial charge in [-0.25, -0.2) is 13.8 Å². The van der Waals surface area contributed by atoms with E-state index in [4.69, 9.17) is 8.92 Å². The first-order chi connectivity index (χ1) is 9.45. The lowest BCUT2D eigenvalue weighted by molar-refractivity contribution is 0.314. The van der Waals surface area contributed by atoms with Gasteiger partial charge in [0.05, 0.1) is 12.2 Å². The van der Waals surface area contributed by atoms with Crippen LogP contribution in [0.2, 0.25) is 0 Å². The van der Waals surface area contributed by atoms with Crippen molar-refractivity contribution in [1.29, 1.82) is 0 Å². The Kier molecular flexibility index (Phi) is 6.38. The van der Waals surface area contributed by atoms with Crippen LogP contribution in [0, 0.1) is 11.6 Å². The lowest BCUT2D eigenvalue weighted by Gasteiger charge is -2.09. The molecule has 1 aromatic rings. The molecule has 0 saturated carbocycles. The number of aliphatic imine (C=N–C) groups is 1. The highest BCUT2D eigenvalue weighted by molar-refractivity contribution is 8.09. The van der Waals surface area contributed by atoms with Crippen molar-refractivity contribution in [3.63, 3.8) is 0 Å². The highest BCUT2D eigenvalue weighted by Crippen LogP contribution is 2.23. The van der Waals surface area contributed by atoms with Gasteiger partial charge in [0, 0.05) is 12.5 Å². The summed E-state index contributed by atoms with van der Waals surface area (Å²) in [5.74, 6) is 1.97. The quantitative estimate of drug-likeness (QED) is 0.434. The molecule has 0 N–H and O–H groups in total. The second kappa shape index (κ2) is 7.79. The molecule has 0 aliphatic carbocycles. The zero-order valence-corrected chi connectivity index (χ0v) is 12.3. The highest BCUT2D eigenvalue weighted by Gasteiger charge is 2.13. The van der Waals surface area contributed by atoms with Crippen molar-refractivity contribution in [2.24, 2.45) is 4.99 Å². The lowest BCUT2D eigenvalue weighted by atomic mass is 10.2. The molecule has 1 unspecified atom stereocenters. The first kappa shape index (κ1) is 16.4. The maximum absolute atomic E-state index is 13.8. The molecule has 0 saturated heterocycles. The fourth-order valence-corrected chi connectivity index (χ4v) is 1.70. The standard InChI is InChI=1S/C14H17F2NO2S/c1-5-8-18-13-7-6-12(15)14(16)11(13)9-17-10(2)19-20(3)4/h6-7,9H,2-3,5,8H2,1,4H3/b17-9+. The molecule has 0 spiro atoms. The van der Waals surface area contributed by atoms with Gasteiger partial charge in [-0.1, -0.05) is 6.92 Å². The van der Waals surface area contributed by atoms with Gasteiger partial charge in [0.1, 0.15) is 5.75 Å². The monoisotopic (exact) mass is 301 g/mol. The SMILES string of the molecule is C=C(/N=C/c1c(OCCC)ccc(F)c1F)OS(=C)C. The molecule has 0 aromatic heterocycles. The Morgan fingerprint density at radius 3 is 2.75 bits per heavy atom. The Morgan fingerprint density at radius 2 is 2.15 bits per heavy atom. The number of hydrogen-bond donors (Lipinski definition) is 0. The summed E-state index contributed by atoms with van der Waals surface area (Å²) < 4.78 is 37.5. The molecule has 1 aromatic carbocycles. The predicted molar refractivity (Wildman–Crippen MR) is 80.6 cm³/mol. The first-order valence-corrected chi connectivity index (χ1v) is 7.66. The van der Waals surface area contributed by atoms with Gasteiger partial charge >= 0.3 is 0 Å². The fraction of sp³-hybridized carbons (Fsp3) is 0.286. The van der Waals surface area contributed by atoms with E-state index in [2.05, 4.69) is 17.4 Å². The maximum atomic E-state index is 13.8. The van der Waals surface area contributed by atoms with Crippen molar-refractivity contribution in [2.45, 2.75) is 13.3 Å². The van der Waals surface area contributed by atoms with Crippen molar-refractivity contribution in [1.82, 2.24) is 0 Å². The van der Waals surface area contributed by atoms with Crippen molar-refractivity contribution >= 4 is 22.8 Å². The third kappa shape index (κ3) is 4.77. The zero-order chi connectivity index (χ0) is 15.1. The molecular formula is C14H17F2NO2S. The second-order valence-electron chi connectivity index (χ2n) is 3.93. The summed E-state index contributed by atoms with van der Waals surface area (Å²) in [7, 11) is -0.586. The molecule has 0 amide bonds. The number of rotatable bonds is 7. The molecule has 3 nitrogen and oxygen atoms in total. The molecule has 6 heteroatoms. The van der Waals surface area contributed by atoms with Crippen LogP contribution < -0.4 is 4.74 Å². The molecule has 0 aliphatic heterocycles. The molecule has 20 heavy (non-hydrogen) atoms. The van der Waals surface area contributed by atoms with Crippen molar-refractivity contribution in [3.05, 3.63) is 41.8 Å². The van der Waals surface area contributed by atoms with Crippen LogP contribution in [0.15, 0.2) is 29.6 Å². The van der Waals surface area contributed by atoms with Crippen LogP contribution in [0.1, 0.15) is 18.9 Å². The second-order valence-corrected chi connectivity index (χ2v) is 5.24. The summed E-state index contributed by atoms with van der Waals surface area (Å²) in [6, 6.07) is 2.38. The van der Waals surface area contributed by atoms with E-state index in [0.717, 1.165) is 18.7 Å². The van der Waals surface area contributed by atoms with Gasteiger partial charge in [0.15, 0.2) is 11.6 Å². The Balaban J connectivity index is 3.01. The fourth-order valence-electron chi connectivity index (χ4n) is 1.33. The number of benzene rings is 1. The van der Waals surface area contributed by atoms with Gasteiger partial charge in [0.2, 0.25) is 5.88 Å². The van der Waals surface area contributed by atoms with Gasteiger partial charge in [-0.2, -0.15) is 0 Å². The Morgan fingerprint density at radius 1 is 1.45 bits per heavy atom. The van der Waals surface area contributed by atoms with Crippen LogP contribution >= 0.6 is 10.8 Å². The molecule has 1 atom stereocenters. The summed E-state index contributed by atoms with van der Waals surface area (Å²) >= 11 is 0. The molecule has 0 heterocycles. The topological polar surface area (TPSA) is 30.8 Å². The van der Waals surface area contributed by atoms with Crippen molar-refractivity contribution in [3.8, 4) is 5.75 Å². The first-order valence-electron chi connectivity index (χ1n) is 5.93. The summed E-state index contributed by atoms with van der Waals surface area (Å²) in [6.45, 7) is 5.86. The smallest absolute Gasteiger partial charge is 0.219 e. The summed E-state index contributed by atoms with van der Waals surface area (Å²) in [5.41, 5.74) is -0.0664. The summed E-state index contributed by atoms with van der Waals surface area (Å²) in [6.07, 6.45) is 3.63. The number of hydrogen-bond acceptors (Lipinski definition) is 3. The zero-order valence-electron chi connectivity index (χ0n) is 11.5. The van der Waals surface area contributed by atoms with Crippen LogP contribution in [0.3, 0.4) is 0 Å². The highest BCUT2D eigenvalue weighted by atomic mass is 32.2. The Hall–Kier alpha value is -1.69. The molecule has 110 valence electrons. The normalized spacial score (nSPS) is 12.4. The van der Waals surface area contributed by atoms with Gasteiger partial charge in [-0.3, -0.25) is 0 Å². The average Bonchev–Trinajstić information content (AvgIpc) is 2.38. The Labute approximate surface area is 120 Å². The molecule has 0 aliphatic rings. The lowest BCUT2D eigenvalue weighted by Crippen LogP contribution is -2.02. The van der Waals surface area contributed by atoms with E-state index in [1.807, 2.05) is 6.92 Å². The predicted octanol–water partition coefficient (Wildman–Crippen LogP) is 3.91. The summed E-state index contributed by atoms with van der Waals surface area (Å²) in [5, 5.41) is 0. The van der Waals surface area contributed by atoms with Crippen LogP contribution in [0.5, 0.6) is 5.75 Å². The average molecular weight is 301 g/mol. The molecule has 0 fully saturated rings. The van der Waals surface area contributed by atoms with Crippen LogP contribution in [-0.4, -0.2) is 24.9 Å². The third-order valence-corrected chi connectivity index (χ3v) is 2.61. The molecule has 0 bridgehead atoms. The van der Waals surface area contributed by atoms with Gasteiger partial charge < -0.3 is 8.92 Å². The molecule has 0 radical (unpaired) electrons. The van der Waals surface area contributed by atoms with E-state index in [0.29, 0.717) is 6.61 Å². The van der Waals surface area contributed by atoms with Crippen molar-refractivity contribution in [2.75, 3.05) is 12.9 Å². The molecule has 1 rings (SSSR count). The largest absolute Gasteiger partial charge is 0.493 e. The van der Waals surface area contributed by atoms with E-state index < -0.39 is 22.4 Å². The van der Waals surface area contributed by atoms with Crippen molar-refractivity contribution < 1.29 is 17.7 Å². The number of ether oxygens (including phenoxy) is 1. The summed E-state index contributed by atoms with van der Waals surface area (Å²) in [4.78, 5) is 3.84. The van der Waals surface area contributed by atoms with E-state index in [-0.39, 0.29) is 17.2 Å². The van der Waals surface area contributed by atoms with Crippen LogP contribution in [0.4, 0.5) is 8.78 Å². The van der Waals surface area contributed by atoms with Gasteiger partial charge in [0.25, 0.3) is 0 Å². The van der Waals surface area contributed by atoms with Crippen LogP contribution in [0.25, 0.3) is 0 Å². The third-order valence-electron chi connectivity index (χ3n) is 2.13. The Bertz CT molecular complexity index is 544. The number of nitrogens with zero attached hydrogens (tertiary/aromatic N) is 1. The molecular weight excluding hydrogens is 284 g/mol. The minimum atomic E-state index is -1.01. The van der Waals surface area contributed by atoms with Gasteiger partial charge in [-0.15, -0.1) is 0 Å². The number of halogens is 2. The van der Waals surface area contributed by atoms with E-state index in [1.54, 1.807) is 6.26 Å². The van der Waals surface area contributed by atoms with E-state index in [9.17, 15) is 8.78 Å². The minimum Gasteiger partial charge on any atom is -0.493 e. The maximum Gasteiger partial charge on any atom is 0.219 e. The van der Waals surface area contributed by atoms with Crippen LogP contribution in [-0.2, 0) is 4.18 Å².